The third kappa shape index (κ3) is 4.67. The van der Waals surface area contributed by atoms with E-state index >= 15 is 0 Å². The van der Waals surface area contributed by atoms with Gasteiger partial charge in [-0.05, 0) is 45.0 Å². The fourth-order valence-corrected chi connectivity index (χ4v) is 3.04. The topological polar surface area (TPSA) is 67.8 Å². The minimum absolute atomic E-state index is 0.0417. The van der Waals surface area contributed by atoms with Gasteiger partial charge in [0.25, 0.3) is 5.91 Å². The number of methoxy groups -OCH3 is 1. The predicted octanol–water partition coefficient (Wildman–Crippen LogP) is 2.54. The number of benzene rings is 1. The molecule has 1 aromatic carbocycles. The van der Waals surface area contributed by atoms with Gasteiger partial charge in [0, 0.05) is 37.8 Å². The maximum Gasteiger partial charge on any atom is 0.253 e. The van der Waals surface area contributed by atoms with Crippen LogP contribution in [0.2, 0.25) is 0 Å². The second kappa shape index (κ2) is 8.24. The molecule has 27 heavy (non-hydrogen) atoms. The van der Waals surface area contributed by atoms with Crippen LogP contribution in [0.4, 0.5) is 5.82 Å². The SMILES string of the molecule is COc1ccc(C(=O)N2CCN(c3cc(OC(C)C)nc(C)n3)CC2)cc1. The van der Waals surface area contributed by atoms with Gasteiger partial charge >= 0.3 is 0 Å². The summed E-state index contributed by atoms with van der Waals surface area (Å²) in [5.41, 5.74) is 0.676. The molecule has 0 spiro atoms. The maximum atomic E-state index is 12.7. The van der Waals surface area contributed by atoms with Crippen molar-refractivity contribution >= 4 is 11.7 Å². The number of anilines is 1. The van der Waals surface area contributed by atoms with Gasteiger partial charge in [0.2, 0.25) is 5.88 Å². The van der Waals surface area contributed by atoms with Crippen LogP contribution in [0.5, 0.6) is 11.6 Å². The summed E-state index contributed by atoms with van der Waals surface area (Å²) >= 11 is 0. The van der Waals surface area contributed by atoms with Crippen LogP contribution in [0.3, 0.4) is 0 Å². The summed E-state index contributed by atoms with van der Waals surface area (Å²) in [5.74, 6) is 2.90. The third-order valence-electron chi connectivity index (χ3n) is 4.39. The van der Waals surface area contributed by atoms with Crippen molar-refractivity contribution in [2.45, 2.75) is 26.9 Å². The second-order valence-corrected chi connectivity index (χ2v) is 6.79. The molecule has 2 aromatic rings. The zero-order valence-electron chi connectivity index (χ0n) is 16.3. The number of amides is 1. The van der Waals surface area contributed by atoms with Crippen molar-refractivity contribution in [2.75, 3.05) is 38.2 Å². The molecule has 0 aliphatic carbocycles. The quantitative estimate of drug-likeness (QED) is 0.806. The van der Waals surface area contributed by atoms with Gasteiger partial charge in [-0.3, -0.25) is 4.79 Å². The molecule has 0 radical (unpaired) electrons. The molecule has 1 aliphatic heterocycles. The van der Waals surface area contributed by atoms with E-state index in [2.05, 4.69) is 14.9 Å². The summed E-state index contributed by atoms with van der Waals surface area (Å²) in [4.78, 5) is 25.6. The lowest BCUT2D eigenvalue weighted by molar-refractivity contribution is 0.0746. The van der Waals surface area contributed by atoms with E-state index in [1.165, 1.54) is 0 Å². The van der Waals surface area contributed by atoms with Gasteiger partial charge in [-0.1, -0.05) is 0 Å². The van der Waals surface area contributed by atoms with Crippen molar-refractivity contribution in [3.8, 4) is 11.6 Å². The minimum atomic E-state index is 0.0417. The molecule has 1 aliphatic rings. The Morgan fingerprint density at radius 1 is 1.07 bits per heavy atom. The average Bonchev–Trinajstić information content (AvgIpc) is 2.66. The summed E-state index contributed by atoms with van der Waals surface area (Å²) in [6.45, 7) is 8.54. The van der Waals surface area contributed by atoms with Crippen molar-refractivity contribution in [2.24, 2.45) is 0 Å². The largest absolute Gasteiger partial charge is 0.497 e. The van der Waals surface area contributed by atoms with Gasteiger partial charge in [0.15, 0.2) is 0 Å². The van der Waals surface area contributed by atoms with Crippen molar-refractivity contribution in [1.29, 1.82) is 0 Å². The fraction of sp³-hybridized carbons (Fsp3) is 0.450. The molecule has 7 nitrogen and oxygen atoms in total. The first-order valence-electron chi connectivity index (χ1n) is 9.17. The highest BCUT2D eigenvalue weighted by Crippen LogP contribution is 2.21. The molecule has 2 heterocycles. The van der Waals surface area contributed by atoms with Crippen LogP contribution in [0.25, 0.3) is 0 Å². The van der Waals surface area contributed by atoms with Crippen LogP contribution in [0.15, 0.2) is 30.3 Å². The molecule has 0 saturated carbocycles. The van der Waals surface area contributed by atoms with Crippen LogP contribution in [-0.4, -0.2) is 60.2 Å². The molecule has 1 amide bonds. The highest BCUT2D eigenvalue weighted by molar-refractivity contribution is 5.94. The van der Waals surface area contributed by atoms with E-state index in [1.807, 2.05) is 43.9 Å². The summed E-state index contributed by atoms with van der Waals surface area (Å²) in [6.07, 6.45) is 0.0612. The Morgan fingerprint density at radius 2 is 1.74 bits per heavy atom. The highest BCUT2D eigenvalue weighted by Gasteiger charge is 2.23. The Balaban J connectivity index is 1.64. The van der Waals surface area contributed by atoms with Crippen LogP contribution in [0, 0.1) is 6.92 Å². The number of nitrogens with zero attached hydrogens (tertiary/aromatic N) is 4. The molecule has 144 valence electrons. The van der Waals surface area contributed by atoms with E-state index in [1.54, 1.807) is 19.2 Å². The molecule has 1 aromatic heterocycles. The number of rotatable bonds is 5. The lowest BCUT2D eigenvalue weighted by Gasteiger charge is -2.35. The van der Waals surface area contributed by atoms with E-state index in [0.29, 0.717) is 30.4 Å². The molecule has 7 heteroatoms. The summed E-state index contributed by atoms with van der Waals surface area (Å²) in [7, 11) is 1.61. The smallest absolute Gasteiger partial charge is 0.253 e. The monoisotopic (exact) mass is 370 g/mol. The minimum Gasteiger partial charge on any atom is -0.497 e. The van der Waals surface area contributed by atoms with Crippen molar-refractivity contribution in [3.05, 3.63) is 41.7 Å². The normalized spacial score (nSPS) is 14.4. The number of aromatic nitrogens is 2. The second-order valence-electron chi connectivity index (χ2n) is 6.79. The molecule has 0 bridgehead atoms. The zero-order chi connectivity index (χ0) is 19.4. The molecule has 1 saturated heterocycles. The summed E-state index contributed by atoms with van der Waals surface area (Å²) in [5, 5.41) is 0. The average molecular weight is 370 g/mol. The standard InChI is InChI=1S/C20H26N4O3/c1-14(2)27-19-13-18(21-15(3)22-19)23-9-11-24(12-10-23)20(25)16-5-7-17(26-4)8-6-16/h5-8,13-14H,9-12H2,1-4H3. The first-order valence-corrected chi connectivity index (χ1v) is 9.17. The number of ether oxygens (including phenoxy) is 2. The van der Waals surface area contributed by atoms with E-state index in [0.717, 1.165) is 24.7 Å². The molecule has 0 atom stereocenters. The first kappa shape index (κ1) is 18.9. The highest BCUT2D eigenvalue weighted by atomic mass is 16.5. The van der Waals surface area contributed by atoms with Gasteiger partial charge in [-0.25, -0.2) is 4.98 Å². The molecule has 3 rings (SSSR count). The third-order valence-corrected chi connectivity index (χ3v) is 4.39. The lowest BCUT2D eigenvalue weighted by atomic mass is 10.1. The number of hydrogen-bond acceptors (Lipinski definition) is 6. The van der Waals surface area contributed by atoms with Crippen molar-refractivity contribution < 1.29 is 14.3 Å². The maximum absolute atomic E-state index is 12.7. The first-order chi connectivity index (χ1) is 13.0. The fourth-order valence-electron chi connectivity index (χ4n) is 3.04. The summed E-state index contributed by atoms with van der Waals surface area (Å²) < 4.78 is 10.9. The number of aryl methyl sites for hydroxylation is 1. The Bertz CT molecular complexity index is 784. The van der Waals surface area contributed by atoms with E-state index in [4.69, 9.17) is 9.47 Å². The van der Waals surface area contributed by atoms with Crippen molar-refractivity contribution in [3.63, 3.8) is 0 Å². The molecule has 0 unspecified atom stereocenters. The van der Waals surface area contributed by atoms with Crippen LogP contribution >= 0.6 is 0 Å². The van der Waals surface area contributed by atoms with Gasteiger partial charge in [0.1, 0.15) is 17.4 Å². The predicted molar refractivity (Wildman–Crippen MR) is 104 cm³/mol. The lowest BCUT2D eigenvalue weighted by Crippen LogP contribution is -2.49. The van der Waals surface area contributed by atoms with Gasteiger partial charge in [-0.15, -0.1) is 0 Å². The molecular weight excluding hydrogens is 344 g/mol. The Morgan fingerprint density at radius 3 is 2.33 bits per heavy atom. The zero-order valence-corrected chi connectivity index (χ0v) is 16.3. The van der Waals surface area contributed by atoms with Crippen LogP contribution in [-0.2, 0) is 0 Å². The van der Waals surface area contributed by atoms with Gasteiger partial charge < -0.3 is 19.3 Å². The number of carbonyl (C=O) groups is 1. The molecule has 0 N–H and O–H groups in total. The van der Waals surface area contributed by atoms with E-state index < -0.39 is 0 Å². The van der Waals surface area contributed by atoms with Gasteiger partial charge in [-0.2, -0.15) is 4.98 Å². The summed E-state index contributed by atoms with van der Waals surface area (Å²) in [6, 6.07) is 9.09. The Labute approximate surface area is 159 Å². The van der Waals surface area contributed by atoms with Gasteiger partial charge in [0.05, 0.1) is 13.2 Å². The van der Waals surface area contributed by atoms with E-state index in [-0.39, 0.29) is 12.0 Å². The van der Waals surface area contributed by atoms with Crippen LogP contribution in [0.1, 0.15) is 30.0 Å². The Kier molecular flexibility index (Phi) is 5.78. The Hall–Kier alpha value is -2.83. The van der Waals surface area contributed by atoms with E-state index in [9.17, 15) is 4.79 Å². The molecule has 1 fully saturated rings. The van der Waals surface area contributed by atoms with Crippen LogP contribution < -0.4 is 14.4 Å². The number of piperazine rings is 1. The number of hydrogen-bond donors (Lipinski definition) is 0. The number of carbonyl (C=O) groups excluding carboxylic acids is 1. The van der Waals surface area contributed by atoms with Crippen molar-refractivity contribution in [1.82, 2.24) is 14.9 Å². The molecular formula is C20H26N4O3.